The van der Waals surface area contributed by atoms with Crippen LogP contribution in [0.2, 0.25) is 0 Å². The molecule has 0 aromatic carbocycles. The predicted molar refractivity (Wildman–Crippen MR) is 63.4 cm³/mol. The number of nitrogens with two attached hydrogens (primary N) is 1. The van der Waals surface area contributed by atoms with E-state index < -0.39 is 5.60 Å². The highest BCUT2D eigenvalue weighted by Gasteiger charge is 2.31. The summed E-state index contributed by atoms with van der Waals surface area (Å²) in [5.41, 5.74) is 5.60. The van der Waals surface area contributed by atoms with Gasteiger partial charge < -0.3 is 16.2 Å². The Kier molecular flexibility index (Phi) is 3.06. The number of nitrogen functional groups attached to an aromatic ring is 1. The van der Waals surface area contributed by atoms with E-state index in [9.17, 15) is 9.90 Å². The van der Waals surface area contributed by atoms with Crippen LogP contribution in [0.15, 0.2) is 6.20 Å². The van der Waals surface area contributed by atoms with Gasteiger partial charge in [-0.15, -0.1) is 0 Å². The van der Waals surface area contributed by atoms with Gasteiger partial charge in [0.05, 0.1) is 17.5 Å². The first-order chi connectivity index (χ1) is 8.02. The number of hydrogen-bond donors (Lipinski definition) is 3. The third kappa shape index (κ3) is 2.41. The van der Waals surface area contributed by atoms with Crippen LogP contribution in [0.3, 0.4) is 0 Å². The van der Waals surface area contributed by atoms with Crippen molar-refractivity contribution in [3.05, 3.63) is 11.9 Å². The lowest BCUT2D eigenvalue weighted by molar-refractivity contribution is 0.0448. The van der Waals surface area contributed by atoms with Crippen molar-refractivity contribution in [3.8, 4) is 0 Å². The highest BCUT2D eigenvalue weighted by atomic mass is 16.3. The van der Waals surface area contributed by atoms with E-state index in [1.807, 2.05) is 0 Å². The fraction of sp³-hybridized carbons (Fsp3) is 0.636. The first-order valence-electron chi connectivity index (χ1n) is 5.80. The van der Waals surface area contributed by atoms with Crippen LogP contribution < -0.4 is 11.1 Å². The molecular formula is C11H18N4O2. The Morgan fingerprint density at radius 1 is 1.65 bits per heavy atom. The molecule has 1 saturated carbocycles. The van der Waals surface area contributed by atoms with Gasteiger partial charge in [0.1, 0.15) is 5.69 Å². The molecule has 17 heavy (non-hydrogen) atoms. The number of nitrogens with zero attached hydrogens (tertiary/aromatic N) is 2. The molecular weight excluding hydrogens is 220 g/mol. The smallest absolute Gasteiger partial charge is 0.271 e. The summed E-state index contributed by atoms with van der Waals surface area (Å²) < 4.78 is 1.43. The summed E-state index contributed by atoms with van der Waals surface area (Å²) in [7, 11) is 1.66. The van der Waals surface area contributed by atoms with Gasteiger partial charge in [-0.05, 0) is 12.8 Å². The van der Waals surface area contributed by atoms with Crippen LogP contribution in [0.1, 0.15) is 36.2 Å². The quantitative estimate of drug-likeness (QED) is 0.693. The minimum Gasteiger partial charge on any atom is -0.396 e. The Bertz CT molecular complexity index is 402. The van der Waals surface area contributed by atoms with E-state index in [-0.39, 0.29) is 12.5 Å². The van der Waals surface area contributed by atoms with Crippen molar-refractivity contribution in [2.75, 3.05) is 12.3 Å². The van der Waals surface area contributed by atoms with Gasteiger partial charge in [0.15, 0.2) is 0 Å². The highest BCUT2D eigenvalue weighted by Crippen LogP contribution is 2.28. The normalized spacial score (nSPS) is 18.2. The summed E-state index contributed by atoms with van der Waals surface area (Å²) in [5.74, 6) is -0.289. The number of carbonyl (C=O) groups is 1. The highest BCUT2D eigenvalue weighted by molar-refractivity contribution is 5.97. The average Bonchev–Trinajstić information content (AvgIpc) is 2.84. The molecule has 0 radical (unpaired) electrons. The Labute approximate surface area is 99.8 Å². The minimum absolute atomic E-state index is 0.274. The number of aromatic nitrogens is 2. The molecule has 0 bridgehead atoms. The van der Waals surface area contributed by atoms with E-state index in [0.717, 1.165) is 25.7 Å². The molecule has 1 aromatic heterocycles. The molecule has 6 nitrogen and oxygen atoms in total. The lowest BCUT2D eigenvalue weighted by Gasteiger charge is -2.22. The van der Waals surface area contributed by atoms with Crippen LogP contribution >= 0.6 is 0 Å². The van der Waals surface area contributed by atoms with Gasteiger partial charge in [0.2, 0.25) is 0 Å². The summed E-state index contributed by atoms with van der Waals surface area (Å²) in [6.07, 6.45) is 4.96. The number of rotatable bonds is 3. The van der Waals surface area contributed by atoms with Gasteiger partial charge >= 0.3 is 0 Å². The molecule has 0 aliphatic heterocycles. The van der Waals surface area contributed by atoms with Gasteiger partial charge in [0.25, 0.3) is 5.91 Å². The number of amides is 1. The fourth-order valence-corrected chi connectivity index (χ4v) is 2.27. The number of nitrogens with one attached hydrogen (secondary N) is 1. The molecule has 0 spiro atoms. The largest absolute Gasteiger partial charge is 0.396 e. The molecule has 0 atom stereocenters. The lowest BCUT2D eigenvalue weighted by atomic mass is 10.0. The maximum atomic E-state index is 11.9. The summed E-state index contributed by atoms with van der Waals surface area (Å²) in [5, 5.41) is 16.7. The molecule has 0 unspecified atom stereocenters. The van der Waals surface area contributed by atoms with Gasteiger partial charge in [0, 0.05) is 13.6 Å². The second-order valence-corrected chi connectivity index (χ2v) is 4.69. The molecule has 1 fully saturated rings. The Hall–Kier alpha value is -1.56. The van der Waals surface area contributed by atoms with E-state index >= 15 is 0 Å². The van der Waals surface area contributed by atoms with E-state index in [1.54, 1.807) is 7.05 Å². The summed E-state index contributed by atoms with van der Waals surface area (Å²) in [6, 6.07) is 0. The minimum atomic E-state index is -0.747. The second-order valence-electron chi connectivity index (χ2n) is 4.69. The SMILES string of the molecule is Cn1ncc(N)c1C(=O)NCC1(O)CCCC1. The predicted octanol–water partition coefficient (Wildman–Crippen LogP) is 0.0372. The Morgan fingerprint density at radius 2 is 2.29 bits per heavy atom. The van der Waals surface area contributed by atoms with Gasteiger partial charge in [-0.2, -0.15) is 5.10 Å². The van der Waals surface area contributed by atoms with Crippen molar-refractivity contribution in [1.29, 1.82) is 0 Å². The molecule has 6 heteroatoms. The van der Waals surface area contributed by atoms with Crippen molar-refractivity contribution in [3.63, 3.8) is 0 Å². The summed E-state index contributed by atoms with van der Waals surface area (Å²) in [4.78, 5) is 11.9. The van der Waals surface area contributed by atoms with Crippen LogP contribution in [-0.4, -0.2) is 32.9 Å². The van der Waals surface area contributed by atoms with Crippen molar-refractivity contribution < 1.29 is 9.90 Å². The molecule has 1 aliphatic carbocycles. The van der Waals surface area contributed by atoms with Crippen LogP contribution in [0.25, 0.3) is 0 Å². The summed E-state index contributed by atoms with van der Waals surface area (Å²) in [6.45, 7) is 0.274. The van der Waals surface area contributed by atoms with Crippen molar-refractivity contribution >= 4 is 11.6 Å². The molecule has 1 amide bonds. The molecule has 0 saturated heterocycles. The second kappa shape index (κ2) is 4.37. The van der Waals surface area contributed by atoms with Crippen molar-refractivity contribution in [1.82, 2.24) is 15.1 Å². The zero-order valence-corrected chi connectivity index (χ0v) is 9.94. The molecule has 4 N–H and O–H groups in total. The molecule has 1 aliphatic rings. The zero-order valence-electron chi connectivity index (χ0n) is 9.94. The van der Waals surface area contributed by atoms with Gasteiger partial charge in [-0.1, -0.05) is 12.8 Å². The Balaban J connectivity index is 1.98. The first kappa shape index (κ1) is 11.9. The Morgan fingerprint density at radius 3 is 2.82 bits per heavy atom. The number of carbonyl (C=O) groups excluding carboxylic acids is 1. The maximum absolute atomic E-state index is 11.9. The van der Waals surface area contributed by atoms with Crippen LogP contribution in [0.4, 0.5) is 5.69 Å². The van der Waals surface area contributed by atoms with Crippen LogP contribution in [-0.2, 0) is 7.05 Å². The standard InChI is InChI=1S/C11H18N4O2/c1-15-9(8(12)6-14-15)10(16)13-7-11(17)4-2-3-5-11/h6,17H,2-5,7,12H2,1H3,(H,13,16). The molecule has 1 heterocycles. The van der Waals surface area contributed by atoms with Gasteiger partial charge in [-0.25, -0.2) is 0 Å². The number of hydrogen-bond acceptors (Lipinski definition) is 4. The van der Waals surface area contributed by atoms with E-state index in [0.29, 0.717) is 11.4 Å². The average molecular weight is 238 g/mol. The van der Waals surface area contributed by atoms with E-state index in [4.69, 9.17) is 5.73 Å². The first-order valence-corrected chi connectivity index (χ1v) is 5.80. The van der Waals surface area contributed by atoms with E-state index in [2.05, 4.69) is 10.4 Å². The van der Waals surface area contributed by atoms with E-state index in [1.165, 1.54) is 10.9 Å². The molecule has 94 valence electrons. The third-order valence-corrected chi connectivity index (χ3v) is 3.29. The molecule has 2 rings (SSSR count). The number of aliphatic hydroxyl groups is 1. The number of aryl methyl sites for hydroxylation is 1. The monoisotopic (exact) mass is 238 g/mol. The van der Waals surface area contributed by atoms with Crippen LogP contribution in [0.5, 0.6) is 0 Å². The maximum Gasteiger partial charge on any atom is 0.271 e. The van der Waals surface area contributed by atoms with Crippen molar-refractivity contribution in [2.45, 2.75) is 31.3 Å². The topological polar surface area (TPSA) is 93.2 Å². The zero-order chi connectivity index (χ0) is 12.5. The number of anilines is 1. The van der Waals surface area contributed by atoms with Crippen LogP contribution in [0, 0.1) is 0 Å². The molecule has 1 aromatic rings. The lowest BCUT2D eigenvalue weighted by Crippen LogP contribution is -2.41. The third-order valence-electron chi connectivity index (χ3n) is 3.29. The van der Waals surface area contributed by atoms with Crippen molar-refractivity contribution in [2.24, 2.45) is 7.05 Å². The van der Waals surface area contributed by atoms with Gasteiger partial charge in [-0.3, -0.25) is 9.48 Å². The fourth-order valence-electron chi connectivity index (χ4n) is 2.27. The summed E-state index contributed by atoms with van der Waals surface area (Å²) >= 11 is 0.